The minimum Gasteiger partial charge on any atom is -0.506 e. The summed E-state index contributed by atoms with van der Waals surface area (Å²) in [4.78, 5) is 16.0. The van der Waals surface area contributed by atoms with E-state index in [1.165, 1.54) is 12.1 Å². The molecule has 0 aliphatic rings. The Bertz CT molecular complexity index is 597. The molecule has 5 nitrogen and oxygen atoms in total. The molecule has 0 saturated heterocycles. The summed E-state index contributed by atoms with van der Waals surface area (Å²) in [5.74, 6) is 0.0475. The number of carbonyl (C=O) groups excluding carboxylic acids is 1. The van der Waals surface area contributed by atoms with E-state index >= 15 is 0 Å². The first-order chi connectivity index (χ1) is 8.58. The molecular formula is C13H13N3O2. The van der Waals surface area contributed by atoms with Gasteiger partial charge in [-0.05, 0) is 36.8 Å². The number of nitrogens with two attached hydrogens (primary N) is 1. The first kappa shape index (κ1) is 11.9. The molecule has 2 aromatic rings. The third-order valence-corrected chi connectivity index (χ3v) is 2.53. The first-order valence-corrected chi connectivity index (χ1v) is 5.39. The van der Waals surface area contributed by atoms with Crippen LogP contribution in [0.2, 0.25) is 0 Å². The summed E-state index contributed by atoms with van der Waals surface area (Å²) in [6.07, 6.45) is 1.60. The van der Waals surface area contributed by atoms with Crippen molar-refractivity contribution in [1.82, 2.24) is 4.98 Å². The van der Waals surface area contributed by atoms with Crippen LogP contribution in [0.15, 0.2) is 36.5 Å². The molecule has 0 aliphatic carbocycles. The van der Waals surface area contributed by atoms with Gasteiger partial charge < -0.3 is 16.2 Å². The van der Waals surface area contributed by atoms with Gasteiger partial charge in [0.1, 0.15) is 11.6 Å². The Labute approximate surface area is 104 Å². The van der Waals surface area contributed by atoms with Gasteiger partial charge in [-0.1, -0.05) is 6.07 Å². The van der Waals surface area contributed by atoms with E-state index in [1.807, 2.05) is 13.0 Å². The molecule has 0 bridgehead atoms. The van der Waals surface area contributed by atoms with Gasteiger partial charge >= 0.3 is 0 Å². The molecular weight excluding hydrogens is 230 g/mol. The summed E-state index contributed by atoms with van der Waals surface area (Å²) >= 11 is 0. The van der Waals surface area contributed by atoms with Crippen molar-refractivity contribution in [2.75, 3.05) is 11.1 Å². The van der Waals surface area contributed by atoms with E-state index in [2.05, 4.69) is 10.3 Å². The van der Waals surface area contributed by atoms with Gasteiger partial charge in [-0.25, -0.2) is 4.98 Å². The van der Waals surface area contributed by atoms with E-state index in [0.29, 0.717) is 11.4 Å². The Morgan fingerprint density at radius 2 is 2.17 bits per heavy atom. The predicted octanol–water partition coefficient (Wildman–Crippen LogP) is 1.93. The van der Waals surface area contributed by atoms with Crippen molar-refractivity contribution in [3.63, 3.8) is 0 Å². The summed E-state index contributed by atoms with van der Waals surface area (Å²) in [5.41, 5.74) is 6.90. The van der Waals surface area contributed by atoms with Crippen LogP contribution in [0.3, 0.4) is 0 Å². The van der Waals surface area contributed by atoms with Crippen molar-refractivity contribution in [2.45, 2.75) is 6.92 Å². The maximum atomic E-state index is 11.9. The predicted molar refractivity (Wildman–Crippen MR) is 69.4 cm³/mol. The Balaban J connectivity index is 2.22. The lowest BCUT2D eigenvalue weighted by molar-refractivity contribution is 0.102. The van der Waals surface area contributed by atoms with E-state index in [4.69, 9.17) is 5.73 Å². The minimum absolute atomic E-state index is 0.111. The average Bonchev–Trinajstić information content (AvgIpc) is 2.35. The summed E-state index contributed by atoms with van der Waals surface area (Å²) in [6, 6.07) is 7.99. The molecule has 0 spiro atoms. The number of hydrogen-bond donors (Lipinski definition) is 3. The van der Waals surface area contributed by atoms with E-state index in [0.717, 1.165) is 5.56 Å². The fraction of sp³-hybridized carbons (Fsp3) is 0.0769. The van der Waals surface area contributed by atoms with Crippen LogP contribution in [-0.2, 0) is 0 Å². The smallest absolute Gasteiger partial charge is 0.256 e. The third kappa shape index (κ3) is 2.40. The van der Waals surface area contributed by atoms with E-state index in [-0.39, 0.29) is 17.3 Å². The van der Waals surface area contributed by atoms with Crippen molar-refractivity contribution in [1.29, 1.82) is 0 Å². The van der Waals surface area contributed by atoms with Crippen LogP contribution in [-0.4, -0.2) is 16.0 Å². The lowest BCUT2D eigenvalue weighted by Crippen LogP contribution is -2.13. The van der Waals surface area contributed by atoms with E-state index < -0.39 is 0 Å². The number of aryl methyl sites for hydroxylation is 1. The molecule has 1 amide bonds. The minimum atomic E-state index is -0.341. The molecule has 0 aliphatic heterocycles. The van der Waals surface area contributed by atoms with Crippen LogP contribution >= 0.6 is 0 Å². The van der Waals surface area contributed by atoms with E-state index in [1.54, 1.807) is 18.3 Å². The van der Waals surface area contributed by atoms with Crippen molar-refractivity contribution >= 4 is 17.4 Å². The molecule has 0 radical (unpaired) electrons. The van der Waals surface area contributed by atoms with Crippen LogP contribution in [0, 0.1) is 6.92 Å². The zero-order valence-corrected chi connectivity index (χ0v) is 9.84. The number of phenols is 1. The second kappa shape index (κ2) is 4.75. The number of nitrogens with zero attached hydrogens (tertiary/aromatic N) is 1. The number of hydrogen-bond acceptors (Lipinski definition) is 4. The molecule has 0 unspecified atom stereocenters. The van der Waals surface area contributed by atoms with Crippen LogP contribution in [0.1, 0.15) is 15.9 Å². The largest absolute Gasteiger partial charge is 0.506 e. The summed E-state index contributed by atoms with van der Waals surface area (Å²) in [6.45, 7) is 1.85. The van der Waals surface area contributed by atoms with Crippen LogP contribution in [0.4, 0.5) is 11.5 Å². The molecule has 0 atom stereocenters. The Kier molecular flexibility index (Phi) is 3.14. The summed E-state index contributed by atoms with van der Waals surface area (Å²) in [7, 11) is 0. The zero-order valence-electron chi connectivity index (χ0n) is 9.84. The molecule has 1 aromatic carbocycles. The highest BCUT2D eigenvalue weighted by atomic mass is 16.3. The van der Waals surface area contributed by atoms with Gasteiger partial charge in [0.2, 0.25) is 0 Å². The highest BCUT2D eigenvalue weighted by Crippen LogP contribution is 2.21. The van der Waals surface area contributed by atoms with Gasteiger partial charge in [0.15, 0.2) is 0 Å². The second-order valence-electron chi connectivity index (χ2n) is 3.90. The molecule has 18 heavy (non-hydrogen) atoms. The molecule has 2 rings (SSSR count). The monoisotopic (exact) mass is 243 g/mol. The van der Waals surface area contributed by atoms with Crippen molar-refractivity contribution in [3.05, 3.63) is 47.7 Å². The molecule has 1 heterocycles. The number of aromatic hydroxyl groups is 1. The lowest BCUT2D eigenvalue weighted by Gasteiger charge is -2.07. The first-order valence-electron chi connectivity index (χ1n) is 5.39. The molecule has 0 saturated carbocycles. The van der Waals surface area contributed by atoms with Crippen molar-refractivity contribution in [2.24, 2.45) is 0 Å². The fourth-order valence-electron chi connectivity index (χ4n) is 1.48. The number of nitrogens with one attached hydrogen (secondary N) is 1. The number of pyridine rings is 1. The Hall–Kier alpha value is -2.56. The van der Waals surface area contributed by atoms with Crippen LogP contribution < -0.4 is 11.1 Å². The van der Waals surface area contributed by atoms with E-state index in [9.17, 15) is 9.90 Å². The maximum Gasteiger partial charge on any atom is 0.256 e. The van der Waals surface area contributed by atoms with Gasteiger partial charge in [-0.15, -0.1) is 0 Å². The molecule has 1 aromatic heterocycles. The van der Waals surface area contributed by atoms with Gasteiger partial charge in [0.25, 0.3) is 5.91 Å². The van der Waals surface area contributed by atoms with Crippen LogP contribution in [0.5, 0.6) is 5.75 Å². The topological polar surface area (TPSA) is 88.2 Å². The molecule has 92 valence electrons. The normalized spacial score (nSPS) is 10.1. The number of benzene rings is 1. The number of phenolic OH excluding ortho intramolecular Hbond substituents is 1. The SMILES string of the molecule is Cc1cccnc1NC(=O)c1ccc(N)c(O)c1. The lowest BCUT2D eigenvalue weighted by atomic mass is 10.1. The highest BCUT2D eigenvalue weighted by molar-refractivity contribution is 6.04. The van der Waals surface area contributed by atoms with Gasteiger partial charge in [-0.2, -0.15) is 0 Å². The Morgan fingerprint density at radius 1 is 1.39 bits per heavy atom. The highest BCUT2D eigenvalue weighted by Gasteiger charge is 2.10. The fourth-order valence-corrected chi connectivity index (χ4v) is 1.48. The van der Waals surface area contributed by atoms with Crippen molar-refractivity contribution < 1.29 is 9.90 Å². The number of amides is 1. The van der Waals surface area contributed by atoms with Gasteiger partial charge in [0.05, 0.1) is 5.69 Å². The number of anilines is 2. The van der Waals surface area contributed by atoms with Gasteiger partial charge in [0, 0.05) is 11.8 Å². The van der Waals surface area contributed by atoms with Crippen LogP contribution in [0.25, 0.3) is 0 Å². The van der Waals surface area contributed by atoms with Gasteiger partial charge in [-0.3, -0.25) is 4.79 Å². The average molecular weight is 243 g/mol. The summed E-state index contributed by atoms with van der Waals surface area (Å²) in [5, 5.41) is 12.1. The van der Waals surface area contributed by atoms with Crippen molar-refractivity contribution in [3.8, 4) is 5.75 Å². The number of carbonyl (C=O) groups is 1. The number of rotatable bonds is 2. The zero-order chi connectivity index (χ0) is 13.1. The maximum absolute atomic E-state index is 11.9. The number of aromatic nitrogens is 1. The molecule has 4 N–H and O–H groups in total. The molecule has 5 heteroatoms. The standard InChI is InChI=1S/C13H13N3O2/c1-8-3-2-6-15-12(8)16-13(18)9-4-5-10(14)11(17)7-9/h2-7,17H,14H2,1H3,(H,15,16,18). The molecule has 0 fully saturated rings. The third-order valence-electron chi connectivity index (χ3n) is 2.53. The quantitative estimate of drug-likeness (QED) is 0.555. The number of nitrogen functional groups attached to an aromatic ring is 1. The Morgan fingerprint density at radius 3 is 2.83 bits per heavy atom. The summed E-state index contributed by atoms with van der Waals surface area (Å²) < 4.78 is 0. The second-order valence-corrected chi connectivity index (χ2v) is 3.90.